The van der Waals surface area contributed by atoms with Crippen LogP contribution in [0, 0.1) is 0 Å². The van der Waals surface area contributed by atoms with Crippen LogP contribution in [0.25, 0.3) is 6.08 Å². The Bertz CT molecular complexity index is 419. The van der Waals surface area contributed by atoms with Crippen LogP contribution in [0.1, 0.15) is 38.8 Å². The van der Waals surface area contributed by atoms with Gasteiger partial charge in [-0.3, -0.25) is 4.99 Å². The lowest BCUT2D eigenvalue weighted by molar-refractivity contribution is 0.732. The van der Waals surface area contributed by atoms with Crippen molar-refractivity contribution >= 4 is 12.3 Å². The average molecular weight is 271 g/mol. The Morgan fingerprint density at radius 1 is 1.00 bits per heavy atom. The summed E-state index contributed by atoms with van der Waals surface area (Å²) in [5.41, 5.74) is 2.41. The van der Waals surface area contributed by atoms with Crippen molar-refractivity contribution < 1.29 is 0 Å². The molecule has 1 aromatic carbocycles. The molecule has 1 aromatic rings. The van der Waals surface area contributed by atoms with E-state index in [9.17, 15) is 0 Å². The van der Waals surface area contributed by atoms with Gasteiger partial charge in [-0.2, -0.15) is 0 Å². The lowest BCUT2D eigenvalue weighted by atomic mass is 9.83. The van der Waals surface area contributed by atoms with Gasteiger partial charge in [0.1, 0.15) is 0 Å². The summed E-state index contributed by atoms with van der Waals surface area (Å²) in [6.45, 7) is 18.9. The van der Waals surface area contributed by atoms with E-state index in [1.807, 2.05) is 38.3 Å². The first-order valence-corrected chi connectivity index (χ1v) is 6.92. The molecule has 1 heteroatoms. The molecule has 0 saturated heterocycles. The molecule has 20 heavy (non-hydrogen) atoms. The summed E-state index contributed by atoms with van der Waals surface area (Å²) in [6.07, 6.45) is 7.13. The van der Waals surface area contributed by atoms with E-state index >= 15 is 0 Å². The summed E-state index contributed by atoms with van der Waals surface area (Å²) in [7, 11) is 1.80. The third kappa shape index (κ3) is 7.52. The lowest BCUT2D eigenvalue weighted by Gasteiger charge is -2.22. The van der Waals surface area contributed by atoms with Crippen molar-refractivity contribution in [1.29, 1.82) is 0 Å². The van der Waals surface area contributed by atoms with E-state index < -0.39 is 0 Å². The fourth-order valence-electron chi connectivity index (χ4n) is 1.65. The highest BCUT2D eigenvalue weighted by atomic mass is 14.7. The van der Waals surface area contributed by atoms with Gasteiger partial charge in [-0.25, -0.2) is 0 Å². The van der Waals surface area contributed by atoms with Crippen molar-refractivity contribution in [3.8, 4) is 0 Å². The van der Waals surface area contributed by atoms with Gasteiger partial charge < -0.3 is 0 Å². The molecule has 0 atom stereocenters. The molecule has 1 nitrogen and oxygen atoms in total. The largest absolute Gasteiger partial charge is 0.300 e. The van der Waals surface area contributed by atoms with Crippen LogP contribution >= 0.6 is 0 Å². The number of hydrogen-bond acceptors (Lipinski definition) is 1. The molecule has 0 aliphatic heterocycles. The molecule has 0 N–H and O–H groups in total. The van der Waals surface area contributed by atoms with Crippen molar-refractivity contribution in [3.63, 3.8) is 0 Å². The van der Waals surface area contributed by atoms with E-state index in [1.54, 1.807) is 19.2 Å². The number of benzene rings is 1. The van der Waals surface area contributed by atoms with Crippen molar-refractivity contribution in [2.75, 3.05) is 7.05 Å². The SMILES string of the molecule is C=CC=C.C=Cc1ccccc1C(C)(C)C=NC.CC. The van der Waals surface area contributed by atoms with Gasteiger partial charge in [0.25, 0.3) is 0 Å². The first kappa shape index (κ1) is 20.4. The summed E-state index contributed by atoms with van der Waals surface area (Å²) in [5, 5.41) is 0. The zero-order chi connectivity index (χ0) is 16.0. The number of allylic oxidation sites excluding steroid dienone is 2. The second-order valence-electron chi connectivity index (χ2n) is 4.37. The van der Waals surface area contributed by atoms with Crippen LogP contribution in [0.5, 0.6) is 0 Å². The normalized spacial score (nSPS) is 9.65. The molecule has 0 spiro atoms. The highest BCUT2D eigenvalue weighted by Gasteiger charge is 2.19. The molecular weight excluding hydrogens is 242 g/mol. The van der Waals surface area contributed by atoms with E-state index in [0.29, 0.717) is 0 Å². The highest BCUT2D eigenvalue weighted by molar-refractivity contribution is 5.75. The summed E-state index contributed by atoms with van der Waals surface area (Å²) < 4.78 is 0. The van der Waals surface area contributed by atoms with Crippen molar-refractivity contribution in [1.82, 2.24) is 0 Å². The van der Waals surface area contributed by atoms with Gasteiger partial charge in [-0.15, -0.1) is 0 Å². The lowest BCUT2D eigenvalue weighted by Crippen LogP contribution is -2.20. The van der Waals surface area contributed by atoms with Crippen LogP contribution in [-0.4, -0.2) is 13.3 Å². The van der Waals surface area contributed by atoms with Crippen LogP contribution in [0.2, 0.25) is 0 Å². The summed E-state index contributed by atoms with van der Waals surface area (Å²) in [5.74, 6) is 0. The van der Waals surface area contributed by atoms with E-state index in [4.69, 9.17) is 0 Å². The molecule has 1 rings (SSSR count). The van der Waals surface area contributed by atoms with Crippen LogP contribution in [0.3, 0.4) is 0 Å². The zero-order valence-corrected chi connectivity index (χ0v) is 13.7. The minimum absolute atomic E-state index is 0.0282. The van der Waals surface area contributed by atoms with Crippen molar-refractivity contribution in [2.24, 2.45) is 4.99 Å². The molecule has 0 radical (unpaired) electrons. The minimum Gasteiger partial charge on any atom is -0.300 e. The molecule has 0 aliphatic rings. The Morgan fingerprint density at radius 3 is 1.90 bits per heavy atom. The van der Waals surface area contributed by atoms with Gasteiger partial charge in [-0.05, 0) is 11.1 Å². The number of rotatable bonds is 4. The Morgan fingerprint density at radius 2 is 1.50 bits per heavy atom. The molecule has 0 amide bonds. The number of hydrogen-bond donors (Lipinski definition) is 0. The first-order valence-electron chi connectivity index (χ1n) is 6.92. The summed E-state index contributed by atoms with van der Waals surface area (Å²) >= 11 is 0. The first-order chi connectivity index (χ1) is 9.53. The maximum absolute atomic E-state index is 4.10. The Labute approximate surface area is 125 Å². The van der Waals surface area contributed by atoms with Crippen LogP contribution in [0.15, 0.2) is 61.1 Å². The van der Waals surface area contributed by atoms with E-state index in [-0.39, 0.29) is 5.41 Å². The third-order valence-corrected chi connectivity index (χ3v) is 2.49. The summed E-state index contributed by atoms with van der Waals surface area (Å²) in [4.78, 5) is 4.10. The van der Waals surface area contributed by atoms with Gasteiger partial charge in [0.2, 0.25) is 0 Å². The third-order valence-electron chi connectivity index (χ3n) is 2.49. The zero-order valence-electron chi connectivity index (χ0n) is 13.7. The van der Waals surface area contributed by atoms with Crippen LogP contribution in [-0.2, 0) is 5.41 Å². The smallest absolute Gasteiger partial charge is 0.0273 e. The number of nitrogens with zero attached hydrogens (tertiary/aromatic N) is 1. The molecule has 110 valence electrons. The Hall–Kier alpha value is -1.89. The molecule has 0 saturated carbocycles. The van der Waals surface area contributed by atoms with Gasteiger partial charge in [-0.1, -0.05) is 89.9 Å². The van der Waals surface area contributed by atoms with E-state index in [1.165, 1.54) is 11.1 Å². The fraction of sp³-hybridized carbons (Fsp3) is 0.316. The molecular formula is C19H29N. The topological polar surface area (TPSA) is 12.4 Å². The average Bonchev–Trinajstić information content (AvgIpc) is 2.49. The monoisotopic (exact) mass is 271 g/mol. The van der Waals surface area contributed by atoms with Crippen LogP contribution in [0.4, 0.5) is 0 Å². The minimum atomic E-state index is -0.0282. The van der Waals surface area contributed by atoms with Crippen molar-refractivity contribution in [3.05, 3.63) is 67.3 Å². The van der Waals surface area contributed by atoms with E-state index in [2.05, 4.69) is 50.7 Å². The predicted molar refractivity (Wildman–Crippen MR) is 95.7 cm³/mol. The van der Waals surface area contributed by atoms with Gasteiger partial charge in [0, 0.05) is 18.7 Å². The fourth-order valence-corrected chi connectivity index (χ4v) is 1.65. The van der Waals surface area contributed by atoms with Gasteiger partial charge in [0.15, 0.2) is 0 Å². The molecule has 0 heterocycles. The maximum Gasteiger partial charge on any atom is 0.0273 e. The van der Waals surface area contributed by atoms with Gasteiger partial charge in [0.05, 0.1) is 0 Å². The molecule has 0 aromatic heterocycles. The standard InChI is InChI=1S/C13H17N.C4H6.C2H6/c1-5-11-8-6-7-9-12(11)13(2,3)10-14-4;1-3-4-2;1-2/h5-10H,1H2,2-4H3;3-4H,1-2H2;1-2H3. The summed E-state index contributed by atoms with van der Waals surface area (Å²) in [6, 6.07) is 8.28. The quantitative estimate of drug-likeness (QED) is 0.492. The van der Waals surface area contributed by atoms with Crippen molar-refractivity contribution in [2.45, 2.75) is 33.1 Å². The second-order valence-corrected chi connectivity index (χ2v) is 4.37. The second kappa shape index (κ2) is 12.2. The molecule has 0 bridgehead atoms. The number of aliphatic imine (C=N–C) groups is 1. The maximum atomic E-state index is 4.10. The molecule has 0 aliphatic carbocycles. The molecule has 0 fully saturated rings. The Balaban J connectivity index is 0. The van der Waals surface area contributed by atoms with Gasteiger partial charge >= 0.3 is 0 Å². The van der Waals surface area contributed by atoms with E-state index in [0.717, 1.165) is 0 Å². The Kier molecular flexibility index (Phi) is 12.4. The predicted octanol–water partition coefficient (Wildman–Crippen LogP) is 5.69. The molecule has 0 unspecified atom stereocenters. The van der Waals surface area contributed by atoms with Crippen LogP contribution < -0.4 is 0 Å². The highest BCUT2D eigenvalue weighted by Crippen LogP contribution is 2.25.